The zero-order valence-corrected chi connectivity index (χ0v) is 14.5. The van der Waals surface area contributed by atoms with Crippen molar-refractivity contribution in [3.8, 4) is 0 Å². The fourth-order valence-corrected chi connectivity index (χ4v) is 3.85. The van der Waals surface area contributed by atoms with Gasteiger partial charge in [0.2, 0.25) is 5.95 Å². The second-order valence-corrected chi connectivity index (χ2v) is 7.53. The van der Waals surface area contributed by atoms with Crippen LogP contribution in [0.1, 0.15) is 16.4 Å². The molecule has 1 aliphatic heterocycles. The number of hydrogen-bond donors (Lipinski definition) is 1. The second kappa shape index (κ2) is 6.30. The Labute approximate surface area is 147 Å². The number of nitrogens with zero attached hydrogens (tertiary/aromatic N) is 5. The number of rotatable bonds is 3. The minimum Gasteiger partial charge on any atom is -0.340 e. The average Bonchev–Trinajstić information content (AvgIpc) is 3.14. The summed E-state index contributed by atoms with van der Waals surface area (Å²) in [6, 6.07) is 3.94. The molecular formula is C16H18F2N6S. The van der Waals surface area contributed by atoms with Crippen LogP contribution in [0, 0.1) is 12.7 Å². The van der Waals surface area contributed by atoms with Gasteiger partial charge in [-0.3, -0.25) is 0 Å². The van der Waals surface area contributed by atoms with E-state index in [4.69, 9.17) is 5.73 Å². The summed E-state index contributed by atoms with van der Waals surface area (Å²) in [7, 11) is 0. The van der Waals surface area contributed by atoms with E-state index < -0.39 is 12.2 Å². The number of hydrogen-bond acceptors (Lipinski definition) is 6. The molecule has 0 amide bonds. The van der Waals surface area contributed by atoms with E-state index in [2.05, 4.69) is 15.2 Å². The Kier molecular flexibility index (Phi) is 4.12. The van der Waals surface area contributed by atoms with Crippen LogP contribution in [-0.2, 0) is 6.54 Å². The van der Waals surface area contributed by atoms with E-state index in [0.717, 1.165) is 10.0 Å². The number of fused-ring (bicyclic) bond motifs is 1. The standard InChI is InChI=1S/C16H18F2N6S/c1-9-21-22-15(25-9)8-24-14-6-10(17)2-3-13(14)20-16(24)23-5-4-11(18)12(19)7-23/h2-3,6,11-12H,4-5,7-8,19H2,1H3/t11-,12-/m1/s1. The normalized spacial score (nSPS) is 21.2. The van der Waals surface area contributed by atoms with Gasteiger partial charge in [0.05, 0.1) is 23.6 Å². The molecule has 1 fully saturated rings. The highest BCUT2D eigenvalue weighted by molar-refractivity contribution is 7.11. The molecule has 9 heteroatoms. The van der Waals surface area contributed by atoms with Crippen LogP contribution in [0.2, 0.25) is 0 Å². The van der Waals surface area contributed by atoms with Crippen LogP contribution in [0.4, 0.5) is 14.7 Å². The van der Waals surface area contributed by atoms with Crippen LogP contribution in [0.15, 0.2) is 18.2 Å². The Balaban J connectivity index is 1.78. The van der Waals surface area contributed by atoms with E-state index in [1.807, 2.05) is 16.4 Å². The van der Waals surface area contributed by atoms with Crippen molar-refractivity contribution in [2.45, 2.75) is 32.1 Å². The van der Waals surface area contributed by atoms with Gasteiger partial charge in [0.1, 0.15) is 22.0 Å². The number of aryl methyl sites for hydroxylation is 1. The largest absolute Gasteiger partial charge is 0.340 e. The minimum atomic E-state index is -1.00. The first-order valence-corrected chi connectivity index (χ1v) is 8.92. The highest BCUT2D eigenvalue weighted by Gasteiger charge is 2.29. The van der Waals surface area contributed by atoms with Gasteiger partial charge in [0.25, 0.3) is 0 Å². The molecule has 3 heterocycles. The number of piperidine rings is 1. The molecule has 0 radical (unpaired) electrons. The third kappa shape index (κ3) is 3.09. The van der Waals surface area contributed by atoms with Crippen molar-refractivity contribution in [2.24, 2.45) is 5.73 Å². The van der Waals surface area contributed by atoms with Gasteiger partial charge in [0, 0.05) is 13.1 Å². The van der Waals surface area contributed by atoms with Gasteiger partial charge < -0.3 is 15.2 Å². The highest BCUT2D eigenvalue weighted by Crippen LogP contribution is 2.28. The van der Waals surface area contributed by atoms with E-state index in [0.29, 0.717) is 43.0 Å². The number of aromatic nitrogens is 4. The monoisotopic (exact) mass is 364 g/mol. The molecule has 132 valence electrons. The molecule has 0 spiro atoms. The topological polar surface area (TPSA) is 72.9 Å². The lowest BCUT2D eigenvalue weighted by Crippen LogP contribution is -2.50. The molecule has 0 saturated carbocycles. The molecule has 2 aromatic heterocycles. The van der Waals surface area contributed by atoms with Gasteiger partial charge in [-0.1, -0.05) is 11.3 Å². The summed E-state index contributed by atoms with van der Waals surface area (Å²) >= 11 is 1.49. The lowest BCUT2D eigenvalue weighted by Gasteiger charge is -2.34. The molecule has 25 heavy (non-hydrogen) atoms. The zero-order chi connectivity index (χ0) is 17.6. The van der Waals surface area contributed by atoms with Crippen LogP contribution in [0.5, 0.6) is 0 Å². The molecule has 6 nitrogen and oxygen atoms in total. The van der Waals surface area contributed by atoms with Gasteiger partial charge in [-0.05, 0) is 31.5 Å². The fourth-order valence-electron chi connectivity index (χ4n) is 3.15. The molecule has 0 aliphatic carbocycles. The number of halogens is 2. The third-order valence-electron chi connectivity index (χ3n) is 4.40. The smallest absolute Gasteiger partial charge is 0.207 e. The maximum absolute atomic E-state index is 13.8. The Morgan fingerprint density at radius 3 is 2.92 bits per heavy atom. The van der Waals surface area contributed by atoms with Crippen molar-refractivity contribution in [1.29, 1.82) is 0 Å². The van der Waals surface area contributed by atoms with E-state index in [1.54, 1.807) is 6.07 Å². The molecule has 1 saturated heterocycles. The fraction of sp³-hybridized carbons (Fsp3) is 0.438. The predicted molar refractivity (Wildman–Crippen MR) is 93.1 cm³/mol. The Hall–Kier alpha value is -2.13. The van der Waals surface area contributed by atoms with Crippen LogP contribution >= 0.6 is 11.3 Å². The van der Waals surface area contributed by atoms with Crippen molar-refractivity contribution < 1.29 is 8.78 Å². The summed E-state index contributed by atoms with van der Waals surface area (Å²) in [5.41, 5.74) is 7.26. The first-order chi connectivity index (χ1) is 12.0. The number of benzene rings is 1. The van der Waals surface area contributed by atoms with Crippen LogP contribution in [0.3, 0.4) is 0 Å². The molecule has 0 bridgehead atoms. The SMILES string of the molecule is Cc1nnc(Cn2c(N3CC[C@@H](F)[C@H](N)C3)nc3ccc(F)cc32)s1. The Morgan fingerprint density at radius 1 is 1.36 bits per heavy atom. The van der Waals surface area contributed by atoms with E-state index >= 15 is 0 Å². The maximum Gasteiger partial charge on any atom is 0.207 e. The Morgan fingerprint density at radius 2 is 2.20 bits per heavy atom. The van der Waals surface area contributed by atoms with E-state index in [-0.39, 0.29) is 5.82 Å². The molecule has 2 N–H and O–H groups in total. The Bertz CT molecular complexity index is 907. The summed E-state index contributed by atoms with van der Waals surface area (Å²) in [5.74, 6) is 0.337. The summed E-state index contributed by atoms with van der Waals surface area (Å²) in [6.45, 7) is 3.22. The van der Waals surface area contributed by atoms with Gasteiger partial charge in [0.15, 0.2) is 0 Å². The van der Waals surface area contributed by atoms with Crippen LogP contribution in [0.25, 0.3) is 11.0 Å². The lowest BCUT2D eigenvalue weighted by molar-refractivity contribution is 0.243. The molecular weight excluding hydrogens is 346 g/mol. The summed E-state index contributed by atoms with van der Waals surface area (Å²) in [4.78, 5) is 6.61. The first-order valence-electron chi connectivity index (χ1n) is 8.10. The van der Waals surface area contributed by atoms with E-state index in [9.17, 15) is 8.78 Å². The molecule has 0 unspecified atom stereocenters. The zero-order valence-electron chi connectivity index (χ0n) is 13.7. The summed E-state index contributed by atoms with van der Waals surface area (Å²) in [5, 5.41) is 9.87. The van der Waals surface area contributed by atoms with Crippen molar-refractivity contribution in [3.63, 3.8) is 0 Å². The highest BCUT2D eigenvalue weighted by atomic mass is 32.1. The van der Waals surface area contributed by atoms with E-state index in [1.165, 1.54) is 23.5 Å². The van der Waals surface area contributed by atoms with Crippen molar-refractivity contribution in [1.82, 2.24) is 19.7 Å². The predicted octanol–water partition coefficient (Wildman–Crippen LogP) is 2.26. The molecule has 1 aromatic carbocycles. The molecule has 2 atom stereocenters. The lowest BCUT2D eigenvalue weighted by atomic mass is 10.1. The van der Waals surface area contributed by atoms with Crippen molar-refractivity contribution in [2.75, 3.05) is 18.0 Å². The number of imidazole rings is 1. The summed E-state index contributed by atoms with van der Waals surface area (Å²) < 4.78 is 29.4. The second-order valence-electron chi connectivity index (χ2n) is 6.26. The van der Waals surface area contributed by atoms with Gasteiger partial charge in [-0.25, -0.2) is 13.8 Å². The number of nitrogens with two attached hydrogens (primary N) is 1. The van der Waals surface area contributed by atoms with Gasteiger partial charge >= 0.3 is 0 Å². The van der Waals surface area contributed by atoms with Crippen molar-refractivity contribution in [3.05, 3.63) is 34.0 Å². The van der Waals surface area contributed by atoms with Crippen LogP contribution in [-0.4, -0.2) is 45.1 Å². The molecule has 3 aromatic rings. The number of anilines is 1. The minimum absolute atomic E-state index is 0.326. The molecule has 1 aliphatic rings. The first kappa shape index (κ1) is 16.3. The average molecular weight is 364 g/mol. The quantitative estimate of drug-likeness (QED) is 0.772. The summed E-state index contributed by atoms with van der Waals surface area (Å²) in [6.07, 6.45) is -0.645. The van der Waals surface area contributed by atoms with Crippen molar-refractivity contribution >= 4 is 28.3 Å². The van der Waals surface area contributed by atoms with Gasteiger partial charge in [-0.15, -0.1) is 10.2 Å². The van der Waals surface area contributed by atoms with Gasteiger partial charge in [-0.2, -0.15) is 0 Å². The van der Waals surface area contributed by atoms with Crippen LogP contribution < -0.4 is 10.6 Å². The maximum atomic E-state index is 13.8. The molecule has 4 rings (SSSR count). The number of alkyl halides is 1. The third-order valence-corrected chi connectivity index (χ3v) is 5.23.